The van der Waals surface area contributed by atoms with Gasteiger partial charge in [0.2, 0.25) is 5.91 Å². The van der Waals surface area contributed by atoms with E-state index in [0.717, 1.165) is 0 Å². The Balaban J connectivity index is 1.51. The van der Waals surface area contributed by atoms with E-state index in [1.807, 2.05) is 27.7 Å². The third-order valence-corrected chi connectivity index (χ3v) is 8.68. The van der Waals surface area contributed by atoms with Crippen LogP contribution in [-0.2, 0) is 4.79 Å². The highest BCUT2D eigenvalue weighted by Gasteiger charge is 2.47. The minimum absolute atomic E-state index is 0.0197. The van der Waals surface area contributed by atoms with Crippen LogP contribution in [-0.4, -0.2) is 50.6 Å². The molecule has 0 aromatic heterocycles. The predicted molar refractivity (Wildman–Crippen MR) is 151 cm³/mol. The lowest BCUT2D eigenvalue weighted by Gasteiger charge is -2.48. The summed E-state index contributed by atoms with van der Waals surface area (Å²) in [7, 11) is 0. The molecule has 3 atom stereocenters. The molecular formula is C31H39FN4O5. The Morgan fingerprint density at radius 2 is 1.76 bits per heavy atom. The van der Waals surface area contributed by atoms with E-state index < -0.39 is 46.7 Å². The van der Waals surface area contributed by atoms with Gasteiger partial charge < -0.3 is 25.2 Å². The molecule has 0 spiro atoms. The summed E-state index contributed by atoms with van der Waals surface area (Å²) < 4.78 is 26.5. The Hall–Kier alpha value is -3.66. The summed E-state index contributed by atoms with van der Waals surface area (Å²) in [5.41, 5.74) is -0.829. The number of aliphatic hydroxyl groups is 1. The van der Waals surface area contributed by atoms with E-state index in [4.69, 9.17) is 14.9 Å². The first kappa shape index (κ1) is 28.9. The molecule has 2 amide bonds. The van der Waals surface area contributed by atoms with Crippen molar-refractivity contribution in [2.45, 2.75) is 102 Å². The molecule has 0 saturated carbocycles. The zero-order valence-electron chi connectivity index (χ0n) is 24.4. The molecule has 10 heteroatoms. The second-order valence-electron chi connectivity index (χ2n) is 12.5. The standard InChI is InChI=1S/C31H39FN4O5/c1-7-31(8-2)15-21(36-24(37)16-29(3,4)35-28(36)33)19-13-17(9-11-22(19)41-31)27(39)34-25-20-14-18(32)10-12-23(20)40-30(5,6)26(25)38/h9-14,21,25-26,38H,7-8,15-16H2,1-6H3,(H2,33,35)(H,34,39)/t21?,25-,26+/m0/s1. The van der Waals surface area contributed by atoms with E-state index in [0.29, 0.717) is 41.9 Å². The van der Waals surface area contributed by atoms with E-state index in [-0.39, 0.29) is 23.9 Å². The second-order valence-corrected chi connectivity index (χ2v) is 12.5. The average molecular weight is 567 g/mol. The summed E-state index contributed by atoms with van der Waals surface area (Å²) in [5, 5.41) is 25.8. The Bertz CT molecular complexity index is 1380. The van der Waals surface area contributed by atoms with Crippen molar-refractivity contribution in [3.8, 4) is 11.5 Å². The molecule has 2 aromatic carbocycles. The van der Waals surface area contributed by atoms with Gasteiger partial charge in [-0.15, -0.1) is 0 Å². The van der Waals surface area contributed by atoms with Crippen LogP contribution in [0.2, 0.25) is 0 Å². The summed E-state index contributed by atoms with van der Waals surface area (Å²) >= 11 is 0. The Morgan fingerprint density at radius 3 is 2.41 bits per heavy atom. The van der Waals surface area contributed by atoms with Crippen molar-refractivity contribution in [1.82, 2.24) is 15.5 Å². The van der Waals surface area contributed by atoms with Gasteiger partial charge in [-0.2, -0.15) is 0 Å². The minimum Gasteiger partial charge on any atom is -0.487 e. The van der Waals surface area contributed by atoms with Gasteiger partial charge in [0.1, 0.15) is 34.6 Å². The average Bonchev–Trinajstić information content (AvgIpc) is 2.90. The fourth-order valence-corrected chi connectivity index (χ4v) is 6.19. The summed E-state index contributed by atoms with van der Waals surface area (Å²) in [5.74, 6) is -0.186. The highest BCUT2D eigenvalue weighted by Crippen LogP contribution is 2.47. The minimum atomic E-state index is -1.15. The molecule has 3 heterocycles. The fraction of sp³-hybridized carbons (Fsp3) is 0.516. The predicted octanol–water partition coefficient (Wildman–Crippen LogP) is 4.75. The van der Waals surface area contributed by atoms with Crippen LogP contribution in [0.15, 0.2) is 36.4 Å². The van der Waals surface area contributed by atoms with Crippen LogP contribution in [0.4, 0.5) is 4.39 Å². The van der Waals surface area contributed by atoms with Crippen molar-refractivity contribution >= 4 is 17.8 Å². The number of hydrogen-bond acceptors (Lipinski definition) is 6. The summed E-state index contributed by atoms with van der Waals surface area (Å²) in [6.45, 7) is 11.3. The number of rotatable bonds is 5. The number of guanidine groups is 1. The van der Waals surface area contributed by atoms with E-state index in [1.54, 1.807) is 32.0 Å². The first-order valence-corrected chi connectivity index (χ1v) is 14.2. The van der Waals surface area contributed by atoms with Crippen LogP contribution >= 0.6 is 0 Å². The van der Waals surface area contributed by atoms with E-state index in [1.165, 1.54) is 23.1 Å². The molecule has 0 bridgehead atoms. The van der Waals surface area contributed by atoms with Crippen molar-refractivity contribution < 1.29 is 28.6 Å². The van der Waals surface area contributed by atoms with Gasteiger partial charge in [0.25, 0.3) is 5.91 Å². The molecule has 1 unspecified atom stereocenters. The first-order valence-electron chi connectivity index (χ1n) is 14.2. The van der Waals surface area contributed by atoms with Crippen LogP contribution in [0.1, 0.15) is 101 Å². The van der Waals surface area contributed by atoms with Crippen LogP contribution < -0.4 is 20.1 Å². The van der Waals surface area contributed by atoms with E-state index in [9.17, 15) is 19.1 Å². The number of benzene rings is 2. The Morgan fingerprint density at radius 1 is 1.10 bits per heavy atom. The van der Waals surface area contributed by atoms with Crippen molar-refractivity contribution in [2.24, 2.45) is 0 Å². The number of nitrogens with zero attached hydrogens (tertiary/aromatic N) is 1. The van der Waals surface area contributed by atoms with Gasteiger partial charge in [0.15, 0.2) is 5.96 Å². The van der Waals surface area contributed by atoms with Crippen molar-refractivity contribution in [1.29, 1.82) is 5.41 Å². The quantitative estimate of drug-likeness (QED) is 0.414. The van der Waals surface area contributed by atoms with Crippen molar-refractivity contribution in [3.05, 3.63) is 58.9 Å². The van der Waals surface area contributed by atoms with Crippen molar-refractivity contribution in [2.75, 3.05) is 0 Å². The number of hydrogen-bond donors (Lipinski definition) is 4. The SMILES string of the molecule is CCC1(CC)CC(N2C(=N)NC(C)(C)CC2=O)c2cc(C(=O)N[C@H]3c4cc(F)ccc4OC(C)(C)[C@@H]3O)ccc2O1. The zero-order chi connectivity index (χ0) is 29.9. The molecular weight excluding hydrogens is 527 g/mol. The Labute approximate surface area is 239 Å². The van der Waals surface area contributed by atoms with Gasteiger partial charge in [-0.05, 0) is 76.9 Å². The van der Waals surface area contributed by atoms with Gasteiger partial charge >= 0.3 is 0 Å². The number of carbonyl (C=O) groups excluding carboxylic acids is 2. The summed E-state index contributed by atoms with van der Waals surface area (Å²) in [4.78, 5) is 28.5. The number of amides is 2. The van der Waals surface area contributed by atoms with E-state index >= 15 is 0 Å². The molecule has 0 aliphatic carbocycles. The molecule has 0 radical (unpaired) electrons. The number of carbonyl (C=O) groups is 2. The topological polar surface area (TPSA) is 124 Å². The molecule has 41 heavy (non-hydrogen) atoms. The lowest BCUT2D eigenvalue weighted by molar-refractivity contribution is -0.133. The summed E-state index contributed by atoms with van der Waals surface area (Å²) in [6.07, 6.45) is 0.964. The molecule has 3 aliphatic heterocycles. The normalized spacial score (nSPS) is 25.7. The molecule has 9 nitrogen and oxygen atoms in total. The van der Waals surface area contributed by atoms with E-state index in [2.05, 4.69) is 10.6 Å². The second kappa shape index (κ2) is 10.0. The van der Waals surface area contributed by atoms with Gasteiger partial charge in [-0.25, -0.2) is 4.39 Å². The molecule has 3 aliphatic rings. The number of halogens is 1. The first-order chi connectivity index (χ1) is 19.2. The maximum absolute atomic E-state index is 14.2. The molecule has 4 N–H and O–H groups in total. The maximum atomic E-state index is 14.2. The van der Waals surface area contributed by atoms with Crippen LogP contribution in [0.25, 0.3) is 0 Å². The van der Waals surface area contributed by atoms with Crippen LogP contribution in [0.3, 0.4) is 0 Å². The smallest absolute Gasteiger partial charge is 0.251 e. The Kier molecular flexibility index (Phi) is 7.04. The number of aliphatic hydroxyl groups excluding tert-OH is 1. The molecule has 220 valence electrons. The van der Waals surface area contributed by atoms with Gasteiger partial charge in [-0.1, -0.05) is 13.8 Å². The number of nitrogens with one attached hydrogen (secondary N) is 3. The maximum Gasteiger partial charge on any atom is 0.251 e. The fourth-order valence-electron chi connectivity index (χ4n) is 6.19. The lowest BCUT2D eigenvalue weighted by atomic mass is 9.81. The number of ether oxygens (including phenoxy) is 2. The monoisotopic (exact) mass is 566 g/mol. The van der Waals surface area contributed by atoms with Crippen LogP contribution in [0.5, 0.6) is 11.5 Å². The largest absolute Gasteiger partial charge is 0.487 e. The van der Waals surface area contributed by atoms with Crippen molar-refractivity contribution in [3.63, 3.8) is 0 Å². The third-order valence-electron chi connectivity index (χ3n) is 8.68. The number of fused-ring (bicyclic) bond motifs is 2. The molecule has 5 rings (SSSR count). The highest BCUT2D eigenvalue weighted by molar-refractivity contribution is 6.00. The van der Waals surface area contributed by atoms with Crippen LogP contribution in [0, 0.1) is 11.2 Å². The van der Waals surface area contributed by atoms with Gasteiger partial charge in [0.05, 0.1) is 12.1 Å². The zero-order valence-corrected chi connectivity index (χ0v) is 24.4. The summed E-state index contributed by atoms with van der Waals surface area (Å²) in [6, 6.07) is 7.64. The molecule has 1 saturated heterocycles. The van der Waals surface area contributed by atoms with Gasteiger partial charge in [-0.3, -0.25) is 19.9 Å². The highest BCUT2D eigenvalue weighted by atomic mass is 19.1. The molecule has 1 fully saturated rings. The molecule has 2 aromatic rings. The van der Waals surface area contributed by atoms with Gasteiger partial charge in [0, 0.05) is 35.1 Å². The lowest BCUT2D eigenvalue weighted by Crippen LogP contribution is -2.61. The third kappa shape index (κ3) is 5.14.